The van der Waals surface area contributed by atoms with Gasteiger partial charge in [-0.2, -0.15) is 20.1 Å². The zero-order valence-corrected chi connectivity index (χ0v) is 23.7. The van der Waals surface area contributed by atoms with Gasteiger partial charge in [0.05, 0.1) is 6.21 Å². The van der Waals surface area contributed by atoms with Crippen LogP contribution in [0.5, 0.6) is 5.75 Å². The second-order valence-corrected chi connectivity index (χ2v) is 9.74. The van der Waals surface area contributed by atoms with Crippen LogP contribution >= 0.6 is 35.6 Å². The maximum atomic E-state index is 13.4. The Balaban J connectivity index is 0.00000370. The fourth-order valence-electron chi connectivity index (χ4n) is 4.04. The molecule has 0 aliphatic carbocycles. The van der Waals surface area contributed by atoms with Gasteiger partial charge < -0.3 is 15.0 Å². The molecule has 0 unspecified atom stereocenters. The van der Waals surface area contributed by atoms with Crippen molar-refractivity contribution >= 4 is 65.4 Å². The van der Waals surface area contributed by atoms with Crippen molar-refractivity contribution in [2.24, 2.45) is 5.10 Å². The number of nitrogens with zero attached hydrogens (tertiary/aromatic N) is 5. The molecule has 0 bridgehead atoms. The van der Waals surface area contributed by atoms with Crippen LogP contribution in [0.1, 0.15) is 30.4 Å². The van der Waals surface area contributed by atoms with Gasteiger partial charge >= 0.3 is 0 Å². The summed E-state index contributed by atoms with van der Waals surface area (Å²) >= 11 is 12.3. The molecule has 1 saturated heterocycles. The highest BCUT2D eigenvalue weighted by atomic mass is 35.5. The molecule has 8 nitrogen and oxygen atoms in total. The van der Waals surface area contributed by atoms with Gasteiger partial charge in [0.2, 0.25) is 17.8 Å². The molecule has 12 heteroatoms. The van der Waals surface area contributed by atoms with Gasteiger partial charge in [0.1, 0.15) is 18.2 Å². The number of para-hydroxylation sites is 1. The summed E-state index contributed by atoms with van der Waals surface area (Å²) < 4.78 is 19.4. The van der Waals surface area contributed by atoms with E-state index >= 15 is 0 Å². The van der Waals surface area contributed by atoms with E-state index in [1.54, 1.807) is 30.5 Å². The van der Waals surface area contributed by atoms with Gasteiger partial charge in [-0.1, -0.05) is 41.4 Å². The third-order valence-corrected chi connectivity index (χ3v) is 6.64. The Kier molecular flexibility index (Phi) is 10.3. The molecule has 4 aromatic rings. The molecular weight excluding hydrogens is 576 g/mol. The van der Waals surface area contributed by atoms with E-state index in [2.05, 4.69) is 35.7 Å². The minimum Gasteiger partial charge on any atom is -0.488 e. The number of benzene rings is 3. The fraction of sp³-hybridized carbons (Fsp3) is 0.214. The van der Waals surface area contributed by atoms with Gasteiger partial charge in [0.15, 0.2) is 0 Å². The smallest absolute Gasteiger partial charge is 0.250 e. The van der Waals surface area contributed by atoms with Crippen molar-refractivity contribution in [2.75, 3.05) is 28.7 Å². The summed E-state index contributed by atoms with van der Waals surface area (Å²) in [6, 6.07) is 18.8. The van der Waals surface area contributed by atoms with E-state index in [1.807, 2.05) is 30.3 Å². The molecule has 0 amide bonds. The Morgan fingerprint density at radius 2 is 1.68 bits per heavy atom. The quantitative estimate of drug-likeness (QED) is 0.152. The van der Waals surface area contributed by atoms with Crippen molar-refractivity contribution in [3.05, 3.63) is 93.7 Å². The number of aromatic nitrogens is 3. The van der Waals surface area contributed by atoms with E-state index in [4.69, 9.17) is 27.9 Å². The van der Waals surface area contributed by atoms with Gasteiger partial charge in [0, 0.05) is 39.9 Å². The van der Waals surface area contributed by atoms with Crippen LogP contribution in [0.4, 0.5) is 27.9 Å². The van der Waals surface area contributed by atoms with Crippen LogP contribution in [0, 0.1) is 5.82 Å². The van der Waals surface area contributed by atoms with E-state index in [1.165, 1.54) is 18.6 Å². The minimum atomic E-state index is -0.317. The summed E-state index contributed by atoms with van der Waals surface area (Å²) in [4.78, 5) is 15.8. The third kappa shape index (κ3) is 7.94. The molecule has 40 heavy (non-hydrogen) atoms. The summed E-state index contributed by atoms with van der Waals surface area (Å²) in [5.41, 5.74) is 5.15. The highest BCUT2D eigenvalue weighted by Crippen LogP contribution is 2.24. The van der Waals surface area contributed by atoms with E-state index in [0.717, 1.165) is 37.1 Å². The molecule has 0 atom stereocenters. The number of nitrogens with one attached hydrogen (secondary N) is 2. The van der Waals surface area contributed by atoms with Crippen LogP contribution in [0.2, 0.25) is 10.0 Å². The minimum absolute atomic E-state index is 0. The Morgan fingerprint density at radius 1 is 0.925 bits per heavy atom. The number of rotatable bonds is 9. The van der Waals surface area contributed by atoms with Crippen LogP contribution in [0.25, 0.3) is 0 Å². The second-order valence-electron chi connectivity index (χ2n) is 8.89. The molecule has 2 N–H and O–H groups in total. The number of halogens is 4. The number of piperidine rings is 1. The van der Waals surface area contributed by atoms with Gasteiger partial charge in [0.25, 0.3) is 0 Å². The van der Waals surface area contributed by atoms with E-state index in [0.29, 0.717) is 33.4 Å². The first-order chi connectivity index (χ1) is 19.0. The number of anilines is 4. The standard InChI is InChI=1S/C28H26Cl2FN7O.ClH/c29-21-9-8-20(24(30)16-21)18-39-25-7-3-2-6-19(25)17-32-37-27-34-26(33-23-12-10-22(31)11-13-23)35-28(36-27)38-14-4-1-5-15-38;/h2-3,6-13,16-17H,1,4-5,14-15,18H2,(H2,33,34,35,36,37);1H/b32-17+;. The number of hydrogen-bond acceptors (Lipinski definition) is 8. The van der Waals surface area contributed by atoms with Crippen LogP contribution in [0.15, 0.2) is 71.8 Å². The first-order valence-electron chi connectivity index (χ1n) is 12.5. The number of hydrogen-bond donors (Lipinski definition) is 2. The van der Waals surface area contributed by atoms with Gasteiger partial charge in [-0.15, -0.1) is 12.4 Å². The SMILES string of the molecule is Cl.Fc1ccc(Nc2nc(N/N=C/c3ccccc3OCc3ccc(Cl)cc3Cl)nc(N3CCCCC3)n2)cc1. The predicted octanol–water partition coefficient (Wildman–Crippen LogP) is 7.50. The Labute approximate surface area is 248 Å². The molecule has 0 spiro atoms. The molecule has 208 valence electrons. The number of ether oxygens (including phenoxy) is 1. The Morgan fingerprint density at radius 3 is 2.45 bits per heavy atom. The molecule has 1 fully saturated rings. The lowest BCUT2D eigenvalue weighted by atomic mass is 10.1. The molecular formula is C28H27Cl3FN7O. The summed E-state index contributed by atoms with van der Waals surface area (Å²) in [6.07, 6.45) is 4.97. The lowest BCUT2D eigenvalue weighted by molar-refractivity contribution is 0.306. The van der Waals surface area contributed by atoms with Crippen molar-refractivity contribution in [3.8, 4) is 5.75 Å². The average Bonchev–Trinajstić information content (AvgIpc) is 2.95. The summed E-state index contributed by atoms with van der Waals surface area (Å²) in [5.74, 6) is 1.48. The first-order valence-corrected chi connectivity index (χ1v) is 13.3. The van der Waals surface area contributed by atoms with E-state index < -0.39 is 0 Å². The van der Waals surface area contributed by atoms with Crippen LogP contribution in [0.3, 0.4) is 0 Å². The van der Waals surface area contributed by atoms with E-state index in [9.17, 15) is 4.39 Å². The van der Waals surface area contributed by atoms with Crippen LogP contribution < -0.4 is 20.4 Å². The van der Waals surface area contributed by atoms with Crippen molar-refractivity contribution in [2.45, 2.75) is 25.9 Å². The van der Waals surface area contributed by atoms with Crippen LogP contribution in [-0.4, -0.2) is 34.3 Å². The highest BCUT2D eigenvalue weighted by molar-refractivity contribution is 6.35. The molecule has 0 saturated carbocycles. The monoisotopic (exact) mass is 601 g/mol. The van der Waals surface area contributed by atoms with Gasteiger partial charge in [-0.05, 0) is 67.8 Å². The van der Waals surface area contributed by atoms with E-state index in [-0.39, 0.29) is 30.8 Å². The summed E-state index contributed by atoms with van der Waals surface area (Å²) in [7, 11) is 0. The lowest BCUT2D eigenvalue weighted by Gasteiger charge is -2.26. The van der Waals surface area contributed by atoms with Crippen molar-refractivity contribution < 1.29 is 9.13 Å². The Hall–Kier alpha value is -3.66. The van der Waals surface area contributed by atoms with Crippen molar-refractivity contribution in [1.29, 1.82) is 0 Å². The van der Waals surface area contributed by atoms with Gasteiger partial charge in [-0.3, -0.25) is 0 Å². The summed E-state index contributed by atoms with van der Waals surface area (Å²) in [6.45, 7) is 2.01. The van der Waals surface area contributed by atoms with Crippen molar-refractivity contribution in [3.63, 3.8) is 0 Å². The maximum absolute atomic E-state index is 13.4. The molecule has 1 aliphatic heterocycles. The van der Waals surface area contributed by atoms with Crippen molar-refractivity contribution in [1.82, 2.24) is 15.0 Å². The second kappa shape index (κ2) is 14.1. The molecule has 0 radical (unpaired) electrons. The maximum Gasteiger partial charge on any atom is 0.250 e. The molecule has 1 aromatic heterocycles. The predicted molar refractivity (Wildman–Crippen MR) is 161 cm³/mol. The third-order valence-electron chi connectivity index (χ3n) is 6.05. The zero-order chi connectivity index (χ0) is 27.0. The molecule has 1 aliphatic rings. The number of hydrazone groups is 1. The fourth-order valence-corrected chi connectivity index (χ4v) is 4.50. The largest absolute Gasteiger partial charge is 0.488 e. The molecule has 5 rings (SSSR count). The zero-order valence-electron chi connectivity index (χ0n) is 21.4. The first kappa shape index (κ1) is 29.3. The van der Waals surface area contributed by atoms with Gasteiger partial charge in [-0.25, -0.2) is 9.82 Å². The lowest BCUT2D eigenvalue weighted by Crippen LogP contribution is -2.31. The molecule has 3 aromatic carbocycles. The molecule has 2 heterocycles. The highest BCUT2D eigenvalue weighted by Gasteiger charge is 2.16. The van der Waals surface area contributed by atoms with Crippen LogP contribution in [-0.2, 0) is 6.61 Å². The summed E-state index contributed by atoms with van der Waals surface area (Å²) in [5, 5.41) is 8.59. The Bertz CT molecular complexity index is 1450. The topological polar surface area (TPSA) is 87.6 Å². The normalized spacial score (nSPS) is 13.1. The average molecular weight is 603 g/mol.